The third kappa shape index (κ3) is 18.2. The average molecular weight is 678 g/mol. The predicted octanol–water partition coefficient (Wildman–Crippen LogP) is -5.29. The predicted molar refractivity (Wildman–Crippen MR) is 182 cm³/mol. The van der Waals surface area contributed by atoms with Gasteiger partial charge in [0.05, 0.1) is 76.6 Å². The van der Waals surface area contributed by atoms with Gasteiger partial charge in [0.25, 0.3) is 0 Å². The van der Waals surface area contributed by atoms with Gasteiger partial charge in [-0.3, -0.25) is 14.7 Å². The van der Waals surface area contributed by atoms with Crippen LogP contribution >= 0.6 is 0 Å². The van der Waals surface area contributed by atoms with E-state index in [1.165, 1.54) is 0 Å². The molecule has 16 heteroatoms. The molecule has 16 nitrogen and oxygen atoms in total. The Hall–Kier alpha value is -0.640. The number of aliphatic hydroxyl groups excluding tert-OH is 3. The molecular formula is C31H67N9O7. The van der Waals surface area contributed by atoms with Gasteiger partial charge in [0.2, 0.25) is 0 Å². The Morgan fingerprint density at radius 1 is 0.596 bits per heavy atom. The molecule has 278 valence electrons. The molecule has 3 heterocycles. The minimum atomic E-state index is -0.761. The minimum absolute atomic E-state index is 0.158. The van der Waals surface area contributed by atoms with Crippen LogP contribution in [0.2, 0.25) is 0 Å². The van der Waals surface area contributed by atoms with E-state index in [4.69, 9.17) is 30.4 Å². The van der Waals surface area contributed by atoms with Gasteiger partial charge in [-0.2, -0.15) is 0 Å². The van der Waals surface area contributed by atoms with Crippen molar-refractivity contribution in [2.75, 3.05) is 171 Å². The van der Waals surface area contributed by atoms with Gasteiger partial charge in [-0.25, -0.2) is 0 Å². The lowest BCUT2D eigenvalue weighted by Gasteiger charge is -2.35. The maximum atomic E-state index is 10.8. The number of β-amino-alcohol motifs (C(OH)–C–C–N with tert-alkyl or cyclic N) is 3. The van der Waals surface area contributed by atoms with E-state index in [0.717, 1.165) is 78.5 Å². The molecule has 0 amide bonds. The minimum Gasteiger partial charge on any atom is -0.389 e. The van der Waals surface area contributed by atoms with Crippen LogP contribution < -0.4 is 32.7 Å². The van der Waals surface area contributed by atoms with E-state index in [1.54, 1.807) is 0 Å². The summed E-state index contributed by atoms with van der Waals surface area (Å²) >= 11 is 0. The van der Waals surface area contributed by atoms with E-state index in [9.17, 15) is 15.3 Å². The largest absolute Gasteiger partial charge is 0.389 e. The van der Waals surface area contributed by atoms with Crippen molar-refractivity contribution in [2.24, 2.45) is 16.9 Å². The Bertz CT molecular complexity index is 684. The molecule has 0 radical (unpaired) electrons. The van der Waals surface area contributed by atoms with E-state index in [2.05, 4.69) is 36.0 Å². The molecular weight excluding hydrogens is 610 g/mol. The molecule has 0 aromatic rings. The molecule has 3 rings (SSSR count). The van der Waals surface area contributed by atoms with Crippen molar-refractivity contribution in [3.63, 3.8) is 0 Å². The number of hydrogen-bond donors (Lipinski definition) is 9. The molecule has 0 aliphatic carbocycles. The van der Waals surface area contributed by atoms with E-state index in [0.29, 0.717) is 45.9 Å². The van der Waals surface area contributed by atoms with Crippen LogP contribution in [0.3, 0.4) is 0 Å². The van der Waals surface area contributed by atoms with Crippen LogP contribution in [-0.2, 0) is 18.9 Å². The van der Waals surface area contributed by atoms with Crippen molar-refractivity contribution in [1.82, 2.24) is 36.0 Å². The molecule has 0 aromatic heterocycles. The zero-order valence-corrected chi connectivity index (χ0v) is 28.7. The fraction of sp³-hybridized carbons (Fsp3) is 1.00. The topological polar surface area (TPSA) is 207 Å². The first-order chi connectivity index (χ1) is 22.9. The van der Waals surface area contributed by atoms with E-state index < -0.39 is 23.7 Å². The number of ether oxygens (including phenoxy) is 4. The molecule has 47 heavy (non-hydrogen) atoms. The Kier molecular flexibility index (Phi) is 21.3. The lowest BCUT2D eigenvalue weighted by molar-refractivity contribution is -0.129. The molecule has 0 saturated carbocycles. The fourth-order valence-electron chi connectivity index (χ4n) is 6.09. The van der Waals surface area contributed by atoms with E-state index in [1.807, 2.05) is 0 Å². The standard InChI is InChI=1S/C31H67N9O7/c32-1-2-37-15-27(33)19-44-23-31(24-45-20-28(41)16-38-9-3-34-4-10-38,25-46-21-29(42)17-39-11-5-35-6-12-39)26-47-22-30(43)18-40-13-7-36-8-14-40/h27-30,34-37,41-43H,1-26,32-33H2. The van der Waals surface area contributed by atoms with Crippen LogP contribution in [0.15, 0.2) is 0 Å². The summed E-state index contributed by atoms with van der Waals surface area (Å²) in [4.78, 5) is 6.69. The molecule has 0 bridgehead atoms. The maximum Gasteiger partial charge on any atom is 0.0900 e. The summed E-state index contributed by atoms with van der Waals surface area (Å²) < 4.78 is 24.6. The van der Waals surface area contributed by atoms with Crippen molar-refractivity contribution in [3.8, 4) is 0 Å². The first-order valence-corrected chi connectivity index (χ1v) is 17.7. The van der Waals surface area contributed by atoms with Gasteiger partial charge in [0.15, 0.2) is 0 Å². The number of piperazine rings is 3. The Morgan fingerprint density at radius 2 is 0.936 bits per heavy atom. The number of nitrogens with two attached hydrogens (primary N) is 2. The Labute approximate surface area is 282 Å². The zero-order chi connectivity index (χ0) is 33.6. The summed E-state index contributed by atoms with van der Waals surface area (Å²) in [5.74, 6) is 0. The van der Waals surface area contributed by atoms with Crippen molar-refractivity contribution in [1.29, 1.82) is 0 Å². The quantitative estimate of drug-likeness (QED) is 0.0392. The second kappa shape index (κ2) is 24.5. The van der Waals surface area contributed by atoms with Gasteiger partial charge in [0, 0.05) is 124 Å². The highest BCUT2D eigenvalue weighted by atomic mass is 16.5. The van der Waals surface area contributed by atoms with Crippen LogP contribution in [0.25, 0.3) is 0 Å². The van der Waals surface area contributed by atoms with Crippen LogP contribution in [0.5, 0.6) is 0 Å². The fourth-order valence-corrected chi connectivity index (χ4v) is 6.09. The smallest absolute Gasteiger partial charge is 0.0900 e. The van der Waals surface area contributed by atoms with Gasteiger partial charge >= 0.3 is 0 Å². The highest BCUT2D eigenvalue weighted by Gasteiger charge is 2.34. The first kappa shape index (κ1) is 40.8. The summed E-state index contributed by atoms with van der Waals surface area (Å²) in [6, 6.07) is -0.232. The van der Waals surface area contributed by atoms with Gasteiger partial charge in [-0.15, -0.1) is 0 Å². The third-order valence-electron chi connectivity index (χ3n) is 8.66. The summed E-state index contributed by atoms with van der Waals surface area (Å²) in [7, 11) is 0. The normalized spacial score (nSPS) is 22.9. The van der Waals surface area contributed by atoms with Crippen LogP contribution in [0.1, 0.15) is 0 Å². The maximum absolute atomic E-state index is 10.8. The number of hydrogen-bond acceptors (Lipinski definition) is 16. The van der Waals surface area contributed by atoms with Gasteiger partial charge < -0.3 is 67.0 Å². The molecule has 3 aliphatic heterocycles. The zero-order valence-electron chi connectivity index (χ0n) is 28.7. The van der Waals surface area contributed by atoms with Crippen LogP contribution in [0.4, 0.5) is 0 Å². The van der Waals surface area contributed by atoms with E-state index >= 15 is 0 Å². The molecule has 0 spiro atoms. The van der Waals surface area contributed by atoms with Crippen LogP contribution in [-0.4, -0.2) is 225 Å². The molecule has 3 saturated heterocycles. The van der Waals surface area contributed by atoms with Gasteiger partial charge in [-0.05, 0) is 0 Å². The molecule has 11 N–H and O–H groups in total. The SMILES string of the molecule is NCCNCC(N)COCC(COCC(O)CN1CCNCC1)(COCC(O)CN1CCNCC1)COCC(O)CN1CCNCC1. The molecule has 0 aromatic carbocycles. The molecule has 3 fully saturated rings. The third-order valence-corrected chi connectivity index (χ3v) is 8.66. The van der Waals surface area contributed by atoms with E-state index in [-0.39, 0.29) is 52.3 Å². The summed E-state index contributed by atoms with van der Waals surface area (Å²) in [6.07, 6.45) is -1.92. The van der Waals surface area contributed by atoms with Crippen LogP contribution in [0, 0.1) is 5.41 Å². The lowest BCUT2D eigenvalue weighted by atomic mass is 9.92. The van der Waals surface area contributed by atoms with Crippen molar-refractivity contribution in [3.05, 3.63) is 0 Å². The monoisotopic (exact) mass is 678 g/mol. The average Bonchev–Trinajstić information content (AvgIpc) is 3.06. The second-order valence-corrected chi connectivity index (χ2v) is 13.4. The Morgan fingerprint density at radius 3 is 1.28 bits per heavy atom. The number of nitrogens with zero attached hydrogens (tertiary/aromatic N) is 3. The molecule has 4 atom stereocenters. The summed E-state index contributed by atoms with van der Waals surface area (Å²) in [5.41, 5.74) is 11.1. The van der Waals surface area contributed by atoms with Crippen molar-refractivity contribution < 1.29 is 34.3 Å². The van der Waals surface area contributed by atoms with Gasteiger partial charge in [0.1, 0.15) is 0 Å². The second-order valence-electron chi connectivity index (χ2n) is 13.4. The summed E-state index contributed by atoms with van der Waals surface area (Å²) in [6.45, 7) is 15.8. The summed E-state index contributed by atoms with van der Waals surface area (Å²) in [5, 5.41) is 45.5. The van der Waals surface area contributed by atoms with Crippen molar-refractivity contribution in [2.45, 2.75) is 24.4 Å². The van der Waals surface area contributed by atoms with Crippen molar-refractivity contribution >= 4 is 0 Å². The number of aliphatic hydroxyl groups is 3. The highest BCUT2D eigenvalue weighted by Crippen LogP contribution is 2.22. The van der Waals surface area contributed by atoms with Gasteiger partial charge in [-0.1, -0.05) is 0 Å². The first-order valence-electron chi connectivity index (χ1n) is 17.7. The lowest BCUT2D eigenvalue weighted by Crippen LogP contribution is -2.49. The molecule has 3 aliphatic rings. The number of rotatable bonds is 26. The highest BCUT2D eigenvalue weighted by molar-refractivity contribution is 4.82. The number of nitrogens with one attached hydrogen (secondary N) is 4. The Balaban J connectivity index is 1.59. The molecule has 4 unspecified atom stereocenters.